The van der Waals surface area contributed by atoms with Crippen molar-refractivity contribution in [3.05, 3.63) is 33.0 Å². The minimum Gasteiger partial charge on any atom is -0.310 e. The van der Waals surface area contributed by atoms with Crippen LogP contribution in [0.5, 0.6) is 0 Å². The molecule has 0 saturated heterocycles. The highest BCUT2D eigenvalue weighted by Gasteiger charge is 2.20. The second-order valence-corrected chi connectivity index (χ2v) is 6.25. The molecule has 0 heterocycles. The number of rotatable bonds is 7. The lowest BCUT2D eigenvalue weighted by Gasteiger charge is -2.23. The van der Waals surface area contributed by atoms with Gasteiger partial charge in [-0.2, -0.15) is 0 Å². The summed E-state index contributed by atoms with van der Waals surface area (Å²) in [6, 6.07) is 3.67. The van der Waals surface area contributed by atoms with E-state index in [1.807, 2.05) is 12.1 Å². The highest BCUT2D eigenvalue weighted by Crippen LogP contribution is 2.33. The van der Waals surface area contributed by atoms with Gasteiger partial charge in [0.05, 0.1) is 5.02 Å². The first-order chi connectivity index (χ1) is 9.01. The van der Waals surface area contributed by atoms with Gasteiger partial charge in [0.25, 0.3) is 0 Å². The number of benzene rings is 1. The maximum atomic E-state index is 14.3. The Kier molecular flexibility index (Phi) is 7.33. The van der Waals surface area contributed by atoms with Crippen LogP contribution in [0.15, 0.2) is 16.6 Å². The van der Waals surface area contributed by atoms with Gasteiger partial charge in [-0.1, -0.05) is 44.9 Å². The molecule has 2 unspecified atom stereocenters. The third-order valence-electron chi connectivity index (χ3n) is 3.42. The molecule has 2 atom stereocenters. The molecule has 0 aromatic heterocycles. The van der Waals surface area contributed by atoms with Gasteiger partial charge in [0, 0.05) is 16.1 Å². The summed E-state index contributed by atoms with van der Waals surface area (Å²) in [5.41, 5.74) is 0.668. The zero-order valence-corrected chi connectivity index (χ0v) is 14.1. The van der Waals surface area contributed by atoms with Crippen molar-refractivity contribution < 1.29 is 4.39 Å². The predicted molar refractivity (Wildman–Crippen MR) is 84.2 cm³/mol. The van der Waals surface area contributed by atoms with Crippen molar-refractivity contribution in [1.29, 1.82) is 0 Å². The van der Waals surface area contributed by atoms with Gasteiger partial charge in [-0.25, -0.2) is 4.39 Å². The molecule has 0 aliphatic carbocycles. The third-order valence-corrected chi connectivity index (χ3v) is 4.67. The van der Waals surface area contributed by atoms with Gasteiger partial charge in [-0.15, -0.1) is 0 Å². The van der Waals surface area contributed by atoms with E-state index < -0.39 is 0 Å². The summed E-state index contributed by atoms with van der Waals surface area (Å²) in [5.74, 6) is 0.240. The molecule has 1 aromatic carbocycles. The van der Waals surface area contributed by atoms with E-state index in [1.54, 1.807) is 0 Å². The van der Waals surface area contributed by atoms with Crippen LogP contribution in [0.1, 0.15) is 51.6 Å². The van der Waals surface area contributed by atoms with Crippen molar-refractivity contribution >= 4 is 27.5 Å². The molecule has 108 valence electrons. The fraction of sp³-hybridized carbons (Fsp3) is 0.600. The Balaban J connectivity index is 2.99. The molecule has 19 heavy (non-hydrogen) atoms. The topological polar surface area (TPSA) is 12.0 Å². The van der Waals surface area contributed by atoms with Crippen LogP contribution in [0.25, 0.3) is 0 Å². The first-order valence-electron chi connectivity index (χ1n) is 6.87. The maximum absolute atomic E-state index is 14.3. The Hall–Kier alpha value is -0.120. The molecule has 0 saturated carbocycles. The summed E-state index contributed by atoms with van der Waals surface area (Å²) in [6.07, 6.45) is 3.05. The molecule has 0 radical (unpaired) electrons. The van der Waals surface area contributed by atoms with E-state index in [1.165, 1.54) is 0 Å². The molecule has 0 aliphatic rings. The Labute approximate surface area is 129 Å². The molecule has 0 spiro atoms. The van der Waals surface area contributed by atoms with Crippen molar-refractivity contribution in [3.63, 3.8) is 0 Å². The van der Waals surface area contributed by atoms with E-state index in [2.05, 4.69) is 42.0 Å². The van der Waals surface area contributed by atoms with E-state index in [4.69, 9.17) is 11.6 Å². The summed E-state index contributed by atoms with van der Waals surface area (Å²) in [5, 5.41) is 3.60. The van der Waals surface area contributed by atoms with Crippen LogP contribution < -0.4 is 5.32 Å². The molecule has 0 aliphatic heterocycles. The van der Waals surface area contributed by atoms with Gasteiger partial charge in [-0.05, 0) is 47.3 Å². The average molecular weight is 351 g/mol. The van der Waals surface area contributed by atoms with Crippen molar-refractivity contribution in [1.82, 2.24) is 5.32 Å². The van der Waals surface area contributed by atoms with Crippen LogP contribution in [0.4, 0.5) is 4.39 Å². The molecule has 1 rings (SSSR count). The lowest BCUT2D eigenvalue weighted by atomic mass is 9.94. The largest absolute Gasteiger partial charge is 0.310 e. The Morgan fingerprint density at radius 1 is 1.37 bits per heavy atom. The number of hydrogen-bond acceptors (Lipinski definition) is 1. The standard InChI is InChI=1S/C15H22BrClFN/c1-4-8-19-13(9-10(3)5-2)11-6-7-12(16)14(17)15(11)18/h6-7,10,13,19H,4-5,8-9H2,1-3H3. The van der Waals surface area contributed by atoms with Gasteiger partial charge >= 0.3 is 0 Å². The SMILES string of the molecule is CCCNC(CC(C)CC)c1ccc(Br)c(Cl)c1F. The Morgan fingerprint density at radius 3 is 2.63 bits per heavy atom. The van der Waals surface area contributed by atoms with Gasteiger partial charge in [-0.3, -0.25) is 0 Å². The number of hydrogen-bond donors (Lipinski definition) is 1. The number of halogens is 3. The van der Waals surface area contributed by atoms with E-state index >= 15 is 0 Å². The second kappa shape index (κ2) is 8.23. The molecule has 1 N–H and O–H groups in total. The molecular weight excluding hydrogens is 329 g/mol. The first kappa shape index (κ1) is 16.9. The van der Waals surface area contributed by atoms with Crippen LogP contribution >= 0.6 is 27.5 Å². The smallest absolute Gasteiger partial charge is 0.147 e. The van der Waals surface area contributed by atoms with Gasteiger partial charge in [0.2, 0.25) is 0 Å². The molecule has 0 fully saturated rings. The maximum Gasteiger partial charge on any atom is 0.147 e. The van der Waals surface area contributed by atoms with E-state index in [0.29, 0.717) is 16.0 Å². The fourth-order valence-corrected chi connectivity index (χ4v) is 2.50. The highest BCUT2D eigenvalue weighted by molar-refractivity contribution is 9.10. The zero-order chi connectivity index (χ0) is 14.4. The summed E-state index contributed by atoms with van der Waals surface area (Å²) in [6.45, 7) is 7.35. The van der Waals surface area contributed by atoms with E-state index in [-0.39, 0.29) is 16.9 Å². The van der Waals surface area contributed by atoms with Crippen LogP contribution in [0.2, 0.25) is 5.02 Å². The molecule has 4 heteroatoms. The molecule has 1 nitrogen and oxygen atoms in total. The normalized spacial score (nSPS) is 14.4. The molecule has 0 amide bonds. The van der Waals surface area contributed by atoms with Gasteiger partial charge < -0.3 is 5.32 Å². The lowest BCUT2D eigenvalue weighted by molar-refractivity contribution is 0.392. The summed E-state index contributed by atoms with van der Waals surface area (Å²) in [4.78, 5) is 0. The minimum absolute atomic E-state index is 0.0282. The zero-order valence-electron chi connectivity index (χ0n) is 11.8. The van der Waals surface area contributed by atoms with Crippen LogP contribution in [-0.2, 0) is 0 Å². The number of nitrogens with one attached hydrogen (secondary N) is 1. The highest BCUT2D eigenvalue weighted by atomic mass is 79.9. The quantitative estimate of drug-likeness (QED) is 0.620. The predicted octanol–water partition coefficient (Wildman–Crippen LogP) is 5.72. The van der Waals surface area contributed by atoms with Crippen LogP contribution in [0.3, 0.4) is 0 Å². The fourth-order valence-electron chi connectivity index (χ4n) is 2.02. The van der Waals surface area contributed by atoms with E-state index in [0.717, 1.165) is 25.8 Å². The summed E-state index contributed by atoms with van der Waals surface area (Å²) < 4.78 is 14.9. The monoisotopic (exact) mass is 349 g/mol. The molecule has 0 bridgehead atoms. The molecule has 1 aromatic rings. The average Bonchev–Trinajstić information content (AvgIpc) is 2.41. The Bertz CT molecular complexity index is 411. The minimum atomic E-state index is -0.312. The van der Waals surface area contributed by atoms with Crippen molar-refractivity contribution in [2.24, 2.45) is 5.92 Å². The van der Waals surface area contributed by atoms with Crippen LogP contribution in [0, 0.1) is 11.7 Å². The second-order valence-electron chi connectivity index (χ2n) is 5.02. The van der Waals surface area contributed by atoms with Crippen molar-refractivity contribution in [2.75, 3.05) is 6.54 Å². The van der Waals surface area contributed by atoms with Gasteiger partial charge in [0.15, 0.2) is 0 Å². The summed E-state index contributed by atoms with van der Waals surface area (Å²) in [7, 11) is 0. The Morgan fingerprint density at radius 2 is 2.05 bits per heavy atom. The van der Waals surface area contributed by atoms with E-state index in [9.17, 15) is 4.39 Å². The van der Waals surface area contributed by atoms with Gasteiger partial charge in [0.1, 0.15) is 5.82 Å². The lowest BCUT2D eigenvalue weighted by Crippen LogP contribution is -2.25. The summed E-state index contributed by atoms with van der Waals surface area (Å²) >= 11 is 9.24. The van der Waals surface area contributed by atoms with Crippen molar-refractivity contribution in [2.45, 2.75) is 46.1 Å². The molecular formula is C15H22BrClFN. The first-order valence-corrected chi connectivity index (χ1v) is 8.05. The van der Waals surface area contributed by atoms with Crippen LogP contribution in [-0.4, -0.2) is 6.54 Å². The third kappa shape index (κ3) is 4.73. The van der Waals surface area contributed by atoms with Crippen molar-refractivity contribution in [3.8, 4) is 0 Å².